The number of amides is 2. The molecule has 0 radical (unpaired) electrons. The van der Waals surface area contributed by atoms with Gasteiger partial charge in [-0.25, -0.2) is 4.79 Å². The van der Waals surface area contributed by atoms with Crippen molar-refractivity contribution in [3.05, 3.63) is 66.1 Å². The molecular weight excluding hydrogens is 348 g/mol. The molecule has 3 rings (SSSR count). The highest BCUT2D eigenvalue weighted by Gasteiger charge is 2.29. The molecule has 0 unspecified atom stereocenters. The molecule has 2 N–H and O–H groups in total. The molecule has 0 saturated heterocycles. The van der Waals surface area contributed by atoms with Crippen molar-refractivity contribution >= 4 is 11.6 Å². The van der Waals surface area contributed by atoms with Crippen LogP contribution in [0, 0.1) is 5.92 Å². The number of carbonyl (C=O) groups is 1. The van der Waals surface area contributed by atoms with E-state index in [4.69, 9.17) is 4.42 Å². The van der Waals surface area contributed by atoms with Gasteiger partial charge in [-0.1, -0.05) is 43.2 Å². The molecule has 1 aromatic heterocycles. The van der Waals surface area contributed by atoms with Crippen LogP contribution in [0.2, 0.25) is 0 Å². The van der Waals surface area contributed by atoms with Gasteiger partial charge >= 0.3 is 6.03 Å². The lowest BCUT2D eigenvalue weighted by atomic mass is 9.82. The van der Waals surface area contributed by atoms with E-state index in [0.29, 0.717) is 5.92 Å². The van der Waals surface area contributed by atoms with Gasteiger partial charge in [0.05, 0.1) is 11.8 Å². The average Bonchev–Trinajstić information content (AvgIpc) is 3.16. The third-order valence-corrected chi connectivity index (χ3v) is 5.77. The molecule has 28 heavy (non-hydrogen) atoms. The Morgan fingerprint density at radius 2 is 2.00 bits per heavy atom. The smallest absolute Gasteiger partial charge is 0.315 e. The van der Waals surface area contributed by atoms with Crippen LogP contribution >= 0.6 is 0 Å². The first-order chi connectivity index (χ1) is 13.3. The topological polar surface area (TPSA) is 54.3 Å². The molecule has 2 atom stereocenters. The summed E-state index contributed by atoms with van der Waals surface area (Å²) in [6.07, 6.45) is 7.10. The zero-order valence-corrected chi connectivity index (χ0v) is 17.3. The number of carbonyl (C=O) groups excluding carboxylic acids is 1. The maximum absolute atomic E-state index is 12.8. The van der Waals surface area contributed by atoms with Crippen LogP contribution in [0.5, 0.6) is 0 Å². The zero-order chi connectivity index (χ0) is 20.1. The van der Waals surface area contributed by atoms with Crippen molar-refractivity contribution in [2.45, 2.75) is 64.5 Å². The van der Waals surface area contributed by atoms with Crippen LogP contribution in [-0.2, 0) is 12.0 Å². The Balaban J connectivity index is 1.64. The predicted octanol–water partition coefficient (Wildman–Crippen LogP) is 5.65. The van der Waals surface area contributed by atoms with E-state index >= 15 is 0 Å². The van der Waals surface area contributed by atoms with Gasteiger partial charge in [0.15, 0.2) is 0 Å². The number of hydrogen-bond acceptors (Lipinski definition) is 2. The van der Waals surface area contributed by atoms with Gasteiger partial charge in [-0.15, -0.1) is 0 Å². The summed E-state index contributed by atoms with van der Waals surface area (Å²) in [5, 5.41) is 6.40. The van der Waals surface area contributed by atoms with Crippen LogP contribution in [0.4, 0.5) is 4.79 Å². The van der Waals surface area contributed by atoms with Gasteiger partial charge in [0, 0.05) is 12.5 Å². The fourth-order valence-electron chi connectivity index (χ4n) is 4.06. The van der Waals surface area contributed by atoms with Crippen molar-refractivity contribution < 1.29 is 9.21 Å². The summed E-state index contributed by atoms with van der Waals surface area (Å²) in [7, 11) is 0. The molecule has 150 valence electrons. The lowest BCUT2D eigenvalue weighted by molar-refractivity contribution is 0.206. The summed E-state index contributed by atoms with van der Waals surface area (Å²) < 4.78 is 5.52. The number of benzene rings is 1. The summed E-state index contributed by atoms with van der Waals surface area (Å²) in [5.41, 5.74) is 2.71. The maximum Gasteiger partial charge on any atom is 0.315 e. The Kier molecular flexibility index (Phi) is 6.28. The first kappa shape index (κ1) is 20.2. The van der Waals surface area contributed by atoms with E-state index in [1.54, 1.807) is 6.26 Å². The second-order valence-electron chi connectivity index (χ2n) is 8.52. The fourth-order valence-corrected chi connectivity index (χ4v) is 4.06. The van der Waals surface area contributed by atoms with Gasteiger partial charge in [0.1, 0.15) is 5.76 Å². The van der Waals surface area contributed by atoms with E-state index in [0.717, 1.165) is 48.1 Å². The van der Waals surface area contributed by atoms with Crippen LogP contribution < -0.4 is 10.6 Å². The molecule has 4 heteroatoms. The lowest BCUT2D eigenvalue weighted by Gasteiger charge is -2.34. The minimum atomic E-state index is -0.472. The van der Waals surface area contributed by atoms with E-state index in [1.165, 1.54) is 6.42 Å². The van der Waals surface area contributed by atoms with Gasteiger partial charge in [0.2, 0.25) is 0 Å². The number of urea groups is 1. The highest BCUT2D eigenvalue weighted by Crippen LogP contribution is 2.28. The highest BCUT2D eigenvalue weighted by molar-refractivity contribution is 5.75. The first-order valence-corrected chi connectivity index (χ1v) is 10.2. The zero-order valence-electron chi connectivity index (χ0n) is 17.3. The number of nitrogens with one attached hydrogen (secondary N) is 2. The molecule has 1 saturated carbocycles. The van der Waals surface area contributed by atoms with Crippen LogP contribution in [0.1, 0.15) is 63.3 Å². The second-order valence-corrected chi connectivity index (χ2v) is 8.52. The summed E-state index contributed by atoms with van der Waals surface area (Å²) in [5.74, 6) is 1.41. The van der Waals surface area contributed by atoms with Crippen molar-refractivity contribution in [1.82, 2.24) is 10.6 Å². The third-order valence-electron chi connectivity index (χ3n) is 5.77. The van der Waals surface area contributed by atoms with Crippen molar-refractivity contribution in [2.24, 2.45) is 5.92 Å². The Bertz CT molecular complexity index is 808. The molecule has 1 aliphatic carbocycles. The van der Waals surface area contributed by atoms with Crippen molar-refractivity contribution in [3.8, 4) is 0 Å². The Labute approximate surface area is 168 Å². The van der Waals surface area contributed by atoms with Gasteiger partial charge in [0.25, 0.3) is 0 Å². The molecule has 1 aliphatic rings. The predicted molar refractivity (Wildman–Crippen MR) is 114 cm³/mol. The summed E-state index contributed by atoms with van der Waals surface area (Å²) in [6, 6.07) is 12.2. The number of hydrogen-bond donors (Lipinski definition) is 2. The molecule has 0 spiro atoms. The van der Waals surface area contributed by atoms with Gasteiger partial charge < -0.3 is 15.1 Å². The van der Waals surface area contributed by atoms with E-state index in [1.807, 2.05) is 51.1 Å². The van der Waals surface area contributed by atoms with E-state index in [9.17, 15) is 4.79 Å². The number of furan rings is 1. The molecule has 2 amide bonds. The minimum Gasteiger partial charge on any atom is -0.469 e. The van der Waals surface area contributed by atoms with Crippen LogP contribution in [0.3, 0.4) is 0 Å². The molecule has 1 aromatic carbocycles. The van der Waals surface area contributed by atoms with Crippen LogP contribution in [-0.4, -0.2) is 12.1 Å². The minimum absolute atomic E-state index is 0.109. The molecule has 4 nitrogen and oxygen atoms in total. The van der Waals surface area contributed by atoms with E-state index < -0.39 is 5.54 Å². The third kappa shape index (κ3) is 5.06. The number of rotatable bonds is 6. The van der Waals surface area contributed by atoms with E-state index in [2.05, 4.69) is 23.3 Å². The molecule has 1 fully saturated rings. The largest absolute Gasteiger partial charge is 0.469 e. The van der Waals surface area contributed by atoms with Gasteiger partial charge in [-0.05, 0) is 68.9 Å². The monoisotopic (exact) mass is 380 g/mol. The van der Waals surface area contributed by atoms with Crippen LogP contribution in [0.15, 0.2) is 53.7 Å². The maximum atomic E-state index is 12.8. The summed E-state index contributed by atoms with van der Waals surface area (Å²) >= 11 is 0. The summed E-state index contributed by atoms with van der Waals surface area (Å²) in [4.78, 5) is 12.8. The highest BCUT2D eigenvalue weighted by atomic mass is 16.3. The Hall–Kier alpha value is -2.49. The fraction of sp³-hybridized carbons (Fsp3) is 0.458. The standard InChI is InChI=1S/C24H32N2O2/c1-17(2)18-10-7-11-20(15-18)24(3,4)26-23(27)25-22-13-6-5-9-19(22)16-21-12-8-14-28-21/h7-8,10-12,14-15,19,22H,1,5-6,9,13,16H2,2-4H3,(H2,25,26,27)/t19-,22+/m0/s1. The lowest BCUT2D eigenvalue weighted by Crippen LogP contribution is -2.52. The summed E-state index contributed by atoms with van der Waals surface area (Å²) in [6.45, 7) is 10.1. The van der Waals surface area contributed by atoms with Gasteiger partial charge in [-0.2, -0.15) is 0 Å². The molecule has 1 heterocycles. The molecule has 2 aromatic rings. The second kappa shape index (κ2) is 8.68. The molecular formula is C24H32N2O2. The number of allylic oxidation sites excluding steroid dienone is 1. The normalized spacial score (nSPS) is 19.8. The van der Waals surface area contributed by atoms with E-state index in [-0.39, 0.29) is 12.1 Å². The van der Waals surface area contributed by atoms with Crippen molar-refractivity contribution in [2.75, 3.05) is 0 Å². The van der Waals surface area contributed by atoms with Gasteiger partial charge in [-0.3, -0.25) is 0 Å². The Morgan fingerprint density at radius 3 is 2.71 bits per heavy atom. The van der Waals surface area contributed by atoms with Crippen molar-refractivity contribution in [1.29, 1.82) is 0 Å². The van der Waals surface area contributed by atoms with Crippen LogP contribution in [0.25, 0.3) is 5.57 Å². The molecule has 0 aliphatic heterocycles. The SMILES string of the molecule is C=C(C)c1cccc(C(C)(C)NC(=O)N[C@@H]2CCCC[C@H]2Cc2ccco2)c1. The average molecular weight is 381 g/mol. The Morgan fingerprint density at radius 1 is 1.21 bits per heavy atom. The first-order valence-electron chi connectivity index (χ1n) is 10.2. The quantitative estimate of drug-likeness (QED) is 0.680. The molecule has 0 bridgehead atoms. The van der Waals surface area contributed by atoms with Crippen molar-refractivity contribution in [3.63, 3.8) is 0 Å².